The van der Waals surface area contributed by atoms with Gasteiger partial charge in [-0.15, -0.1) is 0 Å². The summed E-state index contributed by atoms with van der Waals surface area (Å²) in [7, 11) is 1.59. The SMILES string of the molecule is COc1cc(CCN)cc(Cl)c1OCOCC1CC1. The summed E-state index contributed by atoms with van der Waals surface area (Å²) in [6.07, 6.45) is 3.28. The van der Waals surface area contributed by atoms with Gasteiger partial charge in [-0.05, 0) is 49.4 Å². The van der Waals surface area contributed by atoms with Crippen molar-refractivity contribution in [1.82, 2.24) is 0 Å². The van der Waals surface area contributed by atoms with Crippen LogP contribution in [0.2, 0.25) is 5.02 Å². The Bertz CT molecular complexity index is 421. The lowest BCUT2D eigenvalue weighted by molar-refractivity contribution is 0.00870. The summed E-state index contributed by atoms with van der Waals surface area (Å²) >= 11 is 6.20. The zero-order chi connectivity index (χ0) is 13.7. The molecule has 0 atom stereocenters. The predicted octanol–water partition coefficient (Wildman–Crippen LogP) is 2.61. The molecule has 0 radical (unpaired) electrons. The fraction of sp³-hybridized carbons (Fsp3) is 0.571. The van der Waals surface area contributed by atoms with E-state index in [2.05, 4.69) is 0 Å². The number of ether oxygens (including phenoxy) is 3. The first-order valence-corrected chi connectivity index (χ1v) is 6.89. The molecule has 2 N–H and O–H groups in total. The van der Waals surface area contributed by atoms with Crippen LogP contribution in [0.15, 0.2) is 12.1 Å². The molecule has 5 heteroatoms. The molecule has 1 aromatic rings. The van der Waals surface area contributed by atoms with Crippen LogP contribution in [-0.4, -0.2) is 27.1 Å². The Hall–Kier alpha value is -0.970. The molecule has 1 aliphatic rings. The number of benzene rings is 1. The van der Waals surface area contributed by atoms with E-state index in [0.717, 1.165) is 18.6 Å². The summed E-state index contributed by atoms with van der Waals surface area (Å²) in [5.74, 6) is 1.86. The van der Waals surface area contributed by atoms with Gasteiger partial charge >= 0.3 is 0 Å². The van der Waals surface area contributed by atoms with Crippen molar-refractivity contribution in [3.8, 4) is 11.5 Å². The second kappa shape index (κ2) is 6.98. The molecule has 1 fully saturated rings. The monoisotopic (exact) mass is 285 g/mol. The van der Waals surface area contributed by atoms with Crippen LogP contribution in [0.3, 0.4) is 0 Å². The molecular weight excluding hydrogens is 266 g/mol. The van der Waals surface area contributed by atoms with E-state index >= 15 is 0 Å². The third kappa shape index (κ3) is 4.27. The normalized spacial score (nSPS) is 14.5. The minimum atomic E-state index is 0.197. The van der Waals surface area contributed by atoms with Crippen molar-refractivity contribution in [3.63, 3.8) is 0 Å². The Labute approximate surface area is 118 Å². The van der Waals surface area contributed by atoms with Crippen molar-refractivity contribution >= 4 is 11.6 Å². The van der Waals surface area contributed by atoms with Gasteiger partial charge in [-0.25, -0.2) is 0 Å². The first kappa shape index (κ1) is 14.4. The molecule has 0 saturated heterocycles. The van der Waals surface area contributed by atoms with Crippen molar-refractivity contribution in [2.45, 2.75) is 19.3 Å². The highest BCUT2D eigenvalue weighted by Gasteiger charge is 2.21. The highest BCUT2D eigenvalue weighted by molar-refractivity contribution is 6.32. The predicted molar refractivity (Wildman–Crippen MR) is 74.9 cm³/mol. The van der Waals surface area contributed by atoms with Crippen molar-refractivity contribution < 1.29 is 14.2 Å². The lowest BCUT2D eigenvalue weighted by atomic mass is 10.1. The average molecular weight is 286 g/mol. The van der Waals surface area contributed by atoms with E-state index < -0.39 is 0 Å². The molecule has 1 saturated carbocycles. The number of halogens is 1. The van der Waals surface area contributed by atoms with Crippen LogP contribution in [0.25, 0.3) is 0 Å². The fourth-order valence-electron chi connectivity index (χ4n) is 1.82. The van der Waals surface area contributed by atoms with Crippen LogP contribution in [0.1, 0.15) is 18.4 Å². The number of methoxy groups -OCH3 is 1. The summed E-state index contributed by atoms with van der Waals surface area (Å²) in [5.41, 5.74) is 6.58. The number of nitrogens with two attached hydrogens (primary N) is 1. The second-order valence-electron chi connectivity index (χ2n) is 4.72. The molecule has 0 heterocycles. The lowest BCUT2D eigenvalue weighted by Crippen LogP contribution is -2.07. The Morgan fingerprint density at radius 2 is 2.16 bits per heavy atom. The molecular formula is C14H20ClNO3. The smallest absolute Gasteiger partial charge is 0.189 e. The van der Waals surface area contributed by atoms with Crippen molar-refractivity contribution in [1.29, 1.82) is 0 Å². The van der Waals surface area contributed by atoms with E-state index in [1.165, 1.54) is 12.8 Å². The van der Waals surface area contributed by atoms with Crippen molar-refractivity contribution in [3.05, 3.63) is 22.7 Å². The Kier molecular flexibility index (Phi) is 5.31. The van der Waals surface area contributed by atoms with Crippen LogP contribution < -0.4 is 15.2 Å². The molecule has 1 aromatic carbocycles. The average Bonchev–Trinajstić information content (AvgIpc) is 3.20. The first-order chi connectivity index (χ1) is 9.24. The third-order valence-electron chi connectivity index (χ3n) is 3.06. The highest BCUT2D eigenvalue weighted by Crippen LogP contribution is 2.36. The molecule has 0 spiro atoms. The summed E-state index contributed by atoms with van der Waals surface area (Å²) in [6.45, 7) is 1.53. The van der Waals surface area contributed by atoms with Gasteiger partial charge in [-0.2, -0.15) is 0 Å². The summed E-state index contributed by atoms with van der Waals surface area (Å²) < 4.78 is 16.3. The third-order valence-corrected chi connectivity index (χ3v) is 3.34. The summed E-state index contributed by atoms with van der Waals surface area (Å²) in [6, 6.07) is 3.75. The Balaban J connectivity index is 1.96. The van der Waals surface area contributed by atoms with Crippen molar-refractivity contribution in [2.75, 3.05) is 27.1 Å². The molecule has 4 nitrogen and oxygen atoms in total. The standard InChI is InChI=1S/C14H20ClNO3/c1-17-13-7-11(4-5-16)6-12(15)14(13)19-9-18-8-10-2-3-10/h6-7,10H,2-5,8-9,16H2,1H3. The lowest BCUT2D eigenvalue weighted by Gasteiger charge is -2.14. The highest BCUT2D eigenvalue weighted by atomic mass is 35.5. The fourth-order valence-corrected chi connectivity index (χ4v) is 2.11. The van der Waals surface area contributed by atoms with E-state index in [9.17, 15) is 0 Å². The minimum absolute atomic E-state index is 0.197. The molecule has 0 unspecified atom stereocenters. The Morgan fingerprint density at radius 3 is 2.79 bits per heavy atom. The zero-order valence-electron chi connectivity index (χ0n) is 11.2. The van der Waals surface area contributed by atoms with E-state index in [0.29, 0.717) is 29.0 Å². The zero-order valence-corrected chi connectivity index (χ0v) is 11.9. The van der Waals surface area contributed by atoms with Gasteiger partial charge in [0.2, 0.25) is 0 Å². The van der Waals surface area contributed by atoms with Crippen LogP contribution in [0, 0.1) is 5.92 Å². The van der Waals surface area contributed by atoms with Gasteiger partial charge in [0.05, 0.1) is 18.7 Å². The number of hydrogen-bond acceptors (Lipinski definition) is 4. The summed E-state index contributed by atoms with van der Waals surface area (Å²) in [5, 5.41) is 0.526. The van der Waals surface area contributed by atoms with Gasteiger partial charge in [0.15, 0.2) is 18.3 Å². The van der Waals surface area contributed by atoms with E-state index in [1.54, 1.807) is 7.11 Å². The van der Waals surface area contributed by atoms with Crippen LogP contribution >= 0.6 is 11.6 Å². The van der Waals surface area contributed by atoms with Gasteiger partial charge in [0, 0.05) is 0 Å². The van der Waals surface area contributed by atoms with Crippen LogP contribution in [-0.2, 0) is 11.2 Å². The molecule has 19 heavy (non-hydrogen) atoms. The maximum Gasteiger partial charge on any atom is 0.189 e. The number of rotatable bonds is 8. The molecule has 106 valence electrons. The van der Waals surface area contributed by atoms with Crippen molar-refractivity contribution in [2.24, 2.45) is 11.7 Å². The molecule has 2 rings (SSSR count). The van der Waals surface area contributed by atoms with E-state index in [-0.39, 0.29) is 6.79 Å². The van der Waals surface area contributed by atoms with E-state index in [1.807, 2.05) is 12.1 Å². The van der Waals surface area contributed by atoms with E-state index in [4.69, 9.17) is 31.5 Å². The van der Waals surface area contributed by atoms with Gasteiger partial charge in [-0.3, -0.25) is 0 Å². The van der Waals surface area contributed by atoms with Gasteiger partial charge in [0.25, 0.3) is 0 Å². The largest absolute Gasteiger partial charge is 0.493 e. The minimum Gasteiger partial charge on any atom is -0.493 e. The molecule has 0 aromatic heterocycles. The van der Waals surface area contributed by atoms with Gasteiger partial charge in [-0.1, -0.05) is 11.6 Å². The maximum atomic E-state index is 6.20. The van der Waals surface area contributed by atoms with Gasteiger partial charge < -0.3 is 19.9 Å². The molecule has 1 aliphatic carbocycles. The quantitative estimate of drug-likeness (QED) is 0.589. The second-order valence-corrected chi connectivity index (χ2v) is 5.13. The van der Waals surface area contributed by atoms with Gasteiger partial charge in [0.1, 0.15) is 0 Å². The van der Waals surface area contributed by atoms with Crippen LogP contribution in [0.4, 0.5) is 0 Å². The molecule has 0 bridgehead atoms. The van der Waals surface area contributed by atoms with Crippen LogP contribution in [0.5, 0.6) is 11.5 Å². The summed E-state index contributed by atoms with van der Waals surface area (Å²) in [4.78, 5) is 0. The number of hydrogen-bond donors (Lipinski definition) is 1. The first-order valence-electron chi connectivity index (χ1n) is 6.51. The Morgan fingerprint density at radius 1 is 1.37 bits per heavy atom. The maximum absolute atomic E-state index is 6.20. The molecule has 0 amide bonds. The topological polar surface area (TPSA) is 53.7 Å². The molecule has 0 aliphatic heterocycles.